The Morgan fingerprint density at radius 1 is 1.25 bits per heavy atom. The Labute approximate surface area is 116 Å². The number of nitrogens with one attached hydrogen (secondary N) is 1. The molecule has 0 spiro atoms. The van der Waals surface area contributed by atoms with Gasteiger partial charge in [-0.05, 0) is 32.0 Å². The summed E-state index contributed by atoms with van der Waals surface area (Å²) >= 11 is 0. The van der Waals surface area contributed by atoms with Gasteiger partial charge in [-0.1, -0.05) is 12.1 Å². The highest BCUT2D eigenvalue weighted by Gasteiger charge is 2.34. The second-order valence-corrected chi connectivity index (χ2v) is 4.82. The van der Waals surface area contributed by atoms with E-state index < -0.39 is 11.7 Å². The van der Waals surface area contributed by atoms with Crippen molar-refractivity contribution in [1.82, 2.24) is 5.32 Å². The first-order valence-corrected chi connectivity index (χ1v) is 6.60. The van der Waals surface area contributed by atoms with Gasteiger partial charge in [0, 0.05) is 6.54 Å². The molecule has 0 radical (unpaired) electrons. The standard InChI is InChI=1S/C14H18F3NO2/c1-18-8-10-6-7-11(20-10)9-19-13-5-3-2-4-12(13)14(15,16)17/h2-5,10-11,18H,6-9H2,1H3. The van der Waals surface area contributed by atoms with Crippen LogP contribution in [0.1, 0.15) is 18.4 Å². The van der Waals surface area contributed by atoms with Gasteiger partial charge in [-0.15, -0.1) is 0 Å². The van der Waals surface area contributed by atoms with E-state index in [2.05, 4.69) is 5.32 Å². The first-order valence-electron chi connectivity index (χ1n) is 6.60. The average molecular weight is 289 g/mol. The van der Waals surface area contributed by atoms with Gasteiger partial charge < -0.3 is 14.8 Å². The Morgan fingerprint density at radius 3 is 2.65 bits per heavy atom. The van der Waals surface area contributed by atoms with Crippen molar-refractivity contribution in [2.24, 2.45) is 0 Å². The number of likely N-dealkylation sites (N-methyl/N-ethyl adjacent to an activating group) is 1. The van der Waals surface area contributed by atoms with Crippen molar-refractivity contribution in [3.8, 4) is 5.75 Å². The minimum absolute atomic E-state index is 0.117. The Balaban J connectivity index is 1.92. The zero-order chi connectivity index (χ0) is 14.6. The van der Waals surface area contributed by atoms with E-state index in [1.807, 2.05) is 7.05 Å². The van der Waals surface area contributed by atoms with Crippen LogP contribution in [0.2, 0.25) is 0 Å². The van der Waals surface area contributed by atoms with Crippen LogP contribution in [0.4, 0.5) is 13.2 Å². The van der Waals surface area contributed by atoms with Gasteiger partial charge >= 0.3 is 6.18 Å². The molecule has 1 saturated heterocycles. The van der Waals surface area contributed by atoms with Gasteiger partial charge in [0.1, 0.15) is 12.4 Å². The molecule has 0 saturated carbocycles. The van der Waals surface area contributed by atoms with Crippen LogP contribution in [0.5, 0.6) is 5.75 Å². The zero-order valence-corrected chi connectivity index (χ0v) is 11.2. The molecule has 2 unspecified atom stereocenters. The molecule has 2 atom stereocenters. The molecule has 1 heterocycles. The average Bonchev–Trinajstić information content (AvgIpc) is 2.84. The summed E-state index contributed by atoms with van der Waals surface area (Å²) in [6.45, 7) is 0.892. The van der Waals surface area contributed by atoms with Crippen LogP contribution in [0.3, 0.4) is 0 Å². The van der Waals surface area contributed by atoms with Crippen LogP contribution in [0.15, 0.2) is 24.3 Å². The minimum Gasteiger partial charge on any atom is -0.490 e. The lowest BCUT2D eigenvalue weighted by atomic mass is 10.2. The van der Waals surface area contributed by atoms with Crippen LogP contribution in [-0.4, -0.2) is 32.4 Å². The molecule has 1 aromatic rings. The van der Waals surface area contributed by atoms with E-state index in [-0.39, 0.29) is 24.6 Å². The van der Waals surface area contributed by atoms with E-state index in [0.717, 1.165) is 25.5 Å². The van der Waals surface area contributed by atoms with Gasteiger partial charge in [-0.2, -0.15) is 13.2 Å². The minimum atomic E-state index is -4.40. The molecule has 1 aliphatic heterocycles. The predicted molar refractivity (Wildman–Crippen MR) is 68.8 cm³/mol. The Bertz CT molecular complexity index is 437. The molecule has 0 bridgehead atoms. The number of alkyl halides is 3. The summed E-state index contributed by atoms with van der Waals surface area (Å²) in [5, 5.41) is 3.02. The highest BCUT2D eigenvalue weighted by atomic mass is 19.4. The molecule has 20 heavy (non-hydrogen) atoms. The number of benzene rings is 1. The molecular formula is C14H18F3NO2. The molecule has 0 aliphatic carbocycles. The maximum atomic E-state index is 12.8. The van der Waals surface area contributed by atoms with Crippen LogP contribution in [-0.2, 0) is 10.9 Å². The molecule has 0 aromatic heterocycles. The number of hydrogen-bond acceptors (Lipinski definition) is 3. The largest absolute Gasteiger partial charge is 0.490 e. The quantitative estimate of drug-likeness (QED) is 0.904. The molecule has 1 aromatic carbocycles. The van der Waals surface area contributed by atoms with Crippen molar-refractivity contribution in [3.05, 3.63) is 29.8 Å². The van der Waals surface area contributed by atoms with E-state index in [9.17, 15) is 13.2 Å². The molecule has 112 valence electrons. The molecule has 1 aliphatic rings. The number of ether oxygens (including phenoxy) is 2. The topological polar surface area (TPSA) is 30.5 Å². The summed E-state index contributed by atoms with van der Waals surface area (Å²) in [6, 6.07) is 5.24. The van der Waals surface area contributed by atoms with E-state index in [4.69, 9.17) is 9.47 Å². The van der Waals surface area contributed by atoms with Crippen LogP contribution in [0, 0.1) is 0 Å². The molecule has 6 heteroatoms. The number of para-hydroxylation sites is 1. The normalized spacial score (nSPS) is 23.0. The smallest absolute Gasteiger partial charge is 0.419 e. The van der Waals surface area contributed by atoms with E-state index in [1.54, 1.807) is 0 Å². The summed E-state index contributed by atoms with van der Waals surface area (Å²) in [7, 11) is 1.84. The van der Waals surface area contributed by atoms with E-state index in [0.29, 0.717) is 0 Å². The number of hydrogen-bond donors (Lipinski definition) is 1. The lowest BCUT2D eigenvalue weighted by Crippen LogP contribution is -2.26. The lowest BCUT2D eigenvalue weighted by molar-refractivity contribution is -0.139. The fraction of sp³-hybridized carbons (Fsp3) is 0.571. The summed E-state index contributed by atoms with van der Waals surface area (Å²) in [5.41, 5.74) is -0.746. The third-order valence-corrected chi connectivity index (χ3v) is 3.24. The summed E-state index contributed by atoms with van der Waals surface area (Å²) in [4.78, 5) is 0. The van der Waals surface area contributed by atoms with Crippen LogP contribution >= 0.6 is 0 Å². The van der Waals surface area contributed by atoms with Crippen molar-refractivity contribution in [1.29, 1.82) is 0 Å². The predicted octanol–water partition coefficient (Wildman–Crippen LogP) is 2.85. The Morgan fingerprint density at radius 2 is 1.95 bits per heavy atom. The molecular weight excluding hydrogens is 271 g/mol. The highest BCUT2D eigenvalue weighted by molar-refractivity contribution is 5.35. The van der Waals surface area contributed by atoms with Crippen LogP contribution < -0.4 is 10.1 Å². The molecule has 1 fully saturated rings. The maximum Gasteiger partial charge on any atom is 0.419 e. The molecule has 3 nitrogen and oxygen atoms in total. The van der Waals surface area contributed by atoms with Gasteiger partial charge in [0.25, 0.3) is 0 Å². The molecule has 1 N–H and O–H groups in total. The van der Waals surface area contributed by atoms with Crippen molar-refractivity contribution < 1.29 is 22.6 Å². The molecule has 2 rings (SSSR count). The monoisotopic (exact) mass is 289 g/mol. The maximum absolute atomic E-state index is 12.8. The van der Waals surface area contributed by atoms with Crippen molar-refractivity contribution in [2.75, 3.05) is 20.2 Å². The van der Waals surface area contributed by atoms with E-state index >= 15 is 0 Å². The summed E-state index contributed by atoms with van der Waals surface area (Å²) in [5.74, 6) is -0.138. The number of rotatable bonds is 5. The van der Waals surface area contributed by atoms with Gasteiger partial charge in [0.05, 0.1) is 17.8 Å². The molecule has 0 amide bonds. The van der Waals surface area contributed by atoms with Gasteiger partial charge in [-0.3, -0.25) is 0 Å². The van der Waals surface area contributed by atoms with Crippen molar-refractivity contribution in [3.63, 3.8) is 0 Å². The van der Waals surface area contributed by atoms with Crippen molar-refractivity contribution >= 4 is 0 Å². The van der Waals surface area contributed by atoms with Crippen LogP contribution in [0.25, 0.3) is 0 Å². The lowest BCUT2D eigenvalue weighted by Gasteiger charge is -2.17. The van der Waals surface area contributed by atoms with Crippen molar-refractivity contribution in [2.45, 2.75) is 31.2 Å². The second-order valence-electron chi connectivity index (χ2n) is 4.82. The fourth-order valence-corrected chi connectivity index (χ4v) is 2.29. The SMILES string of the molecule is CNCC1CCC(COc2ccccc2C(F)(F)F)O1. The van der Waals surface area contributed by atoms with E-state index in [1.165, 1.54) is 18.2 Å². The highest BCUT2D eigenvalue weighted by Crippen LogP contribution is 2.36. The summed E-state index contributed by atoms with van der Waals surface area (Å²) in [6.07, 6.45) is -2.72. The third kappa shape index (κ3) is 3.86. The Hall–Kier alpha value is -1.27. The first-order chi connectivity index (χ1) is 9.50. The Kier molecular flexibility index (Phi) is 4.88. The second kappa shape index (κ2) is 6.45. The zero-order valence-electron chi connectivity index (χ0n) is 11.2. The van der Waals surface area contributed by atoms with Gasteiger partial charge in [-0.25, -0.2) is 0 Å². The fourth-order valence-electron chi connectivity index (χ4n) is 2.29. The number of halogens is 3. The van der Waals surface area contributed by atoms with Gasteiger partial charge in [0.2, 0.25) is 0 Å². The first kappa shape index (κ1) is 15.1. The third-order valence-electron chi connectivity index (χ3n) is 3.24. The van der Waals surface area contributed by atoms with Gasteiger partial charge in [0.15, 0.2) is 0 Å². The summed E-state index contributed by atoms with van der Waals surface area (Å²) < 4.78 is 49.4.